The fourth-order valence-corrected chi connectivity index (χ4v) is 4.03. The summed E-state index contributed by atoms with van der Waals surface area (Å²) >= 11 is 0. The maximum Gasteiger partial charge on any atom is 0.270 e. The third-order valence-electron chi connectivity index (χ3n) is 5.75. The van der Waals surface area contributed by atoms with E-state index in [0.717, 1.165) is 35.4 Å². The largest absolute Gasteiger partial charge is 0.365 e. The van der Waals surface area contributed by atoms with Gasteiger partial charge in [-0.3, -0.25) is 4.79 Å². The zero-order valence-electron chi connectivity index (χ0n) is 16.7. The van der Waals surface area contributed by atoms with E-state index < -0.39 is 0 Å². The Kier molecular flexibility index (Phi) is 4.50. The van der Waals surface area contributed by atoms with Crippen LogP contribution in [0, 0.1) is 5.82 Å². The van der Waals surface area contributed by atoms with E-state index in [1.54, 1.807) is 12.1 Å². The molecule has 1 saturated heterocycles. The molecule has 5 rings (SSSR count). The molecule has 1 aliphatic heterocycles. The molecule has 0 bridgehead atoms. The maximum absolute atomic E-state index is 13.3. The molecule has 7 heteroatoms. The average molecular weight is 403 g/mol. The minimum Gasteiger partial charge on any atom is -0.365 e. The van der Waals surface area contributed by atoms with E-state index >= 15 is 0 Å². The summed E-state index contributed by atoms with van der Waals surface area (Å²) in [5, 5.41) is 4.48. The number of fused-ring (bicyclic) bond motifs is 1. The summed E-state index contributed by atoms with van der Waals surface area (Å²) in [5.74, 6) is -0.173. The van der Waals surface area contributed by atoms with Crippen molar-refractivity contribution in [3.63, 3.8) is 0 Å². The van der Waals surface area contributed by atoms with Crippen molar-refractivity contribution in [1.29, 1.82) is 0 Å². The molecule has 152 valence electrons. The fraction of sp³-hybridized carbons (Fsp3) is 0.217. The molecule has 4 aromatic rings. The van der Waals surface area contributed by atoms with Crippen LogP contribution in [0.25, 0.3) is 16.6 Å². The highest BCUT2D eigenvalue weighted by molar-refractivity contribution is 5.93. The second kappa shape index (κ2) is 7.33. The van der Waals surface area contributed by atoms with Crippen LogP contribution in [-0.2, 0) is 7.05 Å². The van der Waals surface area contributed by atoms with Crippen LogP contribution in [-0.4, -0.2) is 51.2 Å². The van der Waals surface area contributed by atoms with Crippen molar-refractivity contribution in [3.8, 4) is 11.1 Å². The van der Waals surface area contributed by atoms with E-state index in [1.807, 2.05) is 57.8 Å². The number of rotatable bonds is 3. The molecule has 0 unspecified atom stereocenters. The van der Waals surface area contributed by atoms with Gasteiger partial charge in [-0.25, -0.2) is 8.91 Å². The highest BCUT2D eigenvalue weighted by atomic mass is 19.1. The first-order valence-electron chi connectivity index (χ1n) is 9.99. The average Bonchev–Trinajstić information content (AvgIpc) is 3.39. The molecule has 30 heavy (non-hydrogen) atoms. The molecule has 0 N–H and O–H groups in total. The molecule has 1 amide bonds. The number of pyridine rings is 1. The molecule has 0 aliphatic carbocycles. The number of piperazine rings is 1. The molecule has 0 atom stereocenters. The van der Waals surface area contributed by atoms with Crippen molar-refractivity contribution in [3.05, 3.63) is 78.6 Å². The first kappa shape index (κ1) is 18.4. The first-order chi connectivity index (χ1) is 14.6. The summed E-state index contributed by atoms with van der Waals surface area (Å²) in [4.78, 5) is 16.9. The number of hydrogen-bond donors (Lipinski definition) is 0. The van der Waals surface area contributed by atoms with Gasteiger partial charge in [0.25, 0.3) is 5.91 Å². The van der Waals surface area contributed by atoms with Crippen LogP contribution in [0.15, 0.2) is 67.1 Å². The first-order valence-corrected chi connectivity index (χ1v) is 9.99. The second-order valence-corrected chi connectivity index (χ2v) is 7.57. The number of anilines is 1. The van der Waals surface area contributed by atoms with Gasteiger partial charge in [-0.05, 0) is 47.5 Å². The molecule has 1 aliphatic rings. The lowest BCUT2D eigenvalue weighted by atomic mass is 10.1. The maximum atomic E-state index is 13.3. The van der Waals surface area contributed by atoms with Crippen molar-refractivity contribution in [2.45, 2.75) is 0 Å². The number of aryl methyl sites for hydroxylation is 1. The van der Waals surface area contributed by atoms with Gasteiger partial charge < -0.3 is 14.4 Å². The summed E-state index contributed by atoms with van der Waals surface area (Å²) in [6.07, 6.45) is 5.69. The normalized spacial score (nSPS) is 14.5. The lowest BCUT2D eigenvalue weighted by Gasteiger charge is -2.35. The smallest absolute Gasteiger partial charge is 0.270 e. The highest BCUT2D eigenvalue weighted by Crippen LogP contribution is 2.28. The Labute approximate surface area is 173 Å². The molecule has 6 nitrogen and oxygen atoms in total. The molecule has 1 fully saturated rings. The van der Waals surface area contributed by atoms with E-state index in [0.29, 0.717) is 18.8 Å². The van der Waals surface area contributed by atoms with Crippen LogP contribution in [0.1, 0.15) is 10.5 Å². The van der Waals surface area contributed by atoms with Crippen molar-refractivity contribution in [2.75, 3.05) is 31.1 Å². The zero-order valence-corrected chi connectivity index (χ0v) is 16.7. The predicted octanol–water partition coefficient (Wildman–Crippen LogP) is 3.44. The number of carbonyl (C=O) groups excluding carboxylic acids is 1. The Hall–Kier alpha value is -3.61. The Morgan fingerprint density at radius 3 is 2.43 bits per heavy atom. The van der Waals surface area contributed by atoms with Crippen molar-refractivity contribution < 1.29 is 9.18 Å². The van der Waals surface area contributed by atoms with Gasteiger partial charge in [0.1, 0.15) is 11.5 Å². The van der Waals surface area contributed by atoms with E-state index in [1.165, 1.54) is 12.1 Å². The standard InChI is InChI=1S/C23H22FN5O/c1-26-9-2-3-20(26)23(30)28-13-11-27(12-14-28)22-16-25-29-10-8-18(15-21(22)29)17-4-6-19(24)7-5-17/h2-10,15-16H,11-14H2,1H3. The molecular formula is C23H22FN5O. The molecule has 3 aromatic heterocycles. The third kappa shape index (κ3) is 3.22. The number of nitrogens with zero attached hydrogens (tertiary/aromatic N) is 5. The summed E-state index contributed by atoms with van der Waals surface area (Å²) in [5.41, 5.74) is 4.73. The SMILES string of the molecule is Cn1cccc1C(=O)N1CCN(c2cnn3ccc(-c4ccc(F)cc4)cc23)CC1. The molecule has 4 heterocycles. The van der Waals surface area contributed by atoms with E-state index in [2.05, 4.69) is 16.1 Å². The number of aromatic nitrogens is 3. The molecular weight excluding hydrogens is 381 g/mol. The topological polar surface area (TPSA) is 45.8 Å². The van der Waals surface area contributed by atoms with Crippen LogP contribution < -0.4 is 4.90 Å². The molecule has 0 spiro atoms. The zero-order chi connectivity index (χ0) is 20.7. The summed E-state index contributed by atoms with van der Waals surface area (Å²) in [6, 6.07) is 14.3. The minimum absolute atomic E-state index is 0.0700. The number of carbonyl (C=O) groups is 1. The summed E-state index contributed by atoms with van der Waals surface area (Å²) < 4.78 is 17.0. The number of benzene rings is 1. The Morgan fingerprint density at radius 2 is 1.73 bits per heavy atom. The van der Waals surface area contributed by atoms with Gasteiger partial charge in [0.2, 0.25) is 0 Å². The Balaban J connectivity index is 1.37. The van der Waals surface area contributed by atoms with Crippen LogP contribution >= 0.6 is 0 Å². The Morgan fingerprint density at radius 1 is 0.967 bits per heavy atom. The van der Waals surface area contributed by atoms with E-state index in [-0.39, 0.29) is 11.7 Å². The lowest BCUT2D eigenvalue weighted by molar-refractivity contribution is 0.0737. The van der Waals surface area contributed by atoms with Crippen molar-refractivity contribution in [1.82, 2.24) is 19.1 Å². The number of halogens is 1. The van der Waals surface area contributed by atoms with Gasteiger partial charge >= 0.3 is 0 Å². The van der Waals surface area contributed by atoms with E-state index in [4.69, 9.17) is 0 Å². The van der Waals surface area contributed by atoms with Crippen LogP contribution in [0.2, 0.25) is 0 Å². The fourth-order valence-electron chi connectivity index (χ4n) is 4.03. The lowest BCUT2D eigenvalue weighted by Crippen LogP contribution is -2.49. The Bertz CT molecular complexity index is 1200. The quantitative estimate of drug-likeness (QED) is 0.526. The van der Waals surface area contributed by atoms with Crippen molar-refractivity contribution in [2.24, 2.45) is 7.05 Å². The predicted molar refractivity (Wildman–Crippen MR) is 114 cm³/mol. The van der Waals surface area contributed by atoms with Crippen molar-refractivity contribution >= 4 is 17.1 Å². The number of amides is 1. The molecule has 0 saturated carbocycles. The van der Waals surface area contributed by atoms with Gasteiger partial charge in [0, 0.05) is 45.6 Å². The molecule has 0 radical (unpaired) electrons. The van der Waals surface area contributed by atoms with Gasteiger partial charge in [-0.2, -0.15) is 5.10 Å². The molecule has 1 aromatic carbocycles. The van der Waals surface area contributed by atoms with Gasteiger partial charge in [0.15, 0.2) is 0 Å². The third-order valence-corrected chi connectivity index (χ3v) is 5.75. The summed E-state index contributed by atoms with van der Waals surface area (Å²) in [6.45, 7) is 2.83. The van der Waals surface area contributed by atoms with Gasteiger partial charge in [0.05, 0.1) is 17.4 Å². The van der Waals surface area contributed by atoms with Crippen LogP contribution in [0.4, 0.5) is 10.1 Å². The second-order valence-electron chi connectivity index (χ2n) is 7.57. The highest BCUT2D eigenvalue weighted by Gasteiger charge is 2.25. The van der Waals surface area contributed by atoms with E-state index in [9.17, 15) is 9.18 Å². The summed E-state index contributed by atoms with van der Waals surface area (Å²) in [7, 11) is 1.89. The monoisotopic (exact) mass is 403 g/mol. The van der Waals surface area contributed by atoms with Gasteiger partial charge in [-0.15, -0.1) is 0 Å². The minimum atomic E-state index is -0.243. The van der Waals surface area contributed by atoms with Crippen LogP contribution in [0.5, 0.6) is 0 Å². The van der Waals surface area contributed by atoms with Gasteiger partial charge in [-0.1, -0.05) is 12.1 Å². The number of hydrogen-bond acceptors (Lipinski definition) is 3. The van der Waals surface area contributed by atoms with Crippen LogP contribution in [0.3, 0.4) is 0 Å².